The monoisotopic (exact) mass is 533 g/mol. The summed E-state index contributed by atoms with van der Waals surface area (Å²) in [7, 11) is -3.88. The molecule has 1 aliphatic carbocycles. The van der Waals surface area contributed by atoms with Crippen molar-refractivity contribution >= 4 is 27.5 Å². The van der Waals surface area contributed by atoms with Gasteiger partial charge in [0, 0.05) is 12.6 Å². The molecular weight excluding hydrogens is 497 g/mol. The number of anilines is 1. The Morgan fingerprint density at radius 1 is 1.08 bits per heavy atom. The first-order chi connectivity index (χ1) is 17.6. The second-order valence-corrected chi connectivity index (χ2v) is 11.2. The van der Waals surface area contributed by atoms with Crippen molar-refractivity contribution in [3.63, 3.8) is 0 Å². The Balaban J connectivity index is 1.89. The molecular formula is C27H36FN3O5S. The number of ether oxygens (including phenoxy) is 1. The lowest BCUT2D eigenvalue weighted by molar-refractivity contribution is -0.139. The van der Waals surface area contributed by atoms with Crippen LogP contribution in [0.5, 0.6) is 5.75 Å². The number of amides is 2. The van der Waals surface area contributed by atoms with Gasteiger partial charge in [0.15, 0.2) is 0 Å². The SMILES string of the molecule is CCOc1ccccc1N(CC(=O)N(Cc1ccc(F)cc1)[C@@H](C)C(=O)NC1CCCCC1)S(C)(=O)=O. The van der Waals surface area contributed by atoms with E-state index in [1.807, 2.05) is 0 Å². The van der Waals surface area contributed by atoms with Crippen molar-refractivity contribution in [3.8, 4) is 5.75 Å². The lowest BCUT2D eigenvalue weighted by atomic mass is 9.95. The van der Waals surface area contributed by atoms with Gasteiger partial charge >= 0.3 is 0 Å². The van der Waals surface area contributed by atoms with Crippen molar-refractivity contribution in [2.75, 3.05) is 23.7 Å². The van der Waals surface area contributed by atoms with Gasteiger partial charge in [-0.2, -0.15) is 0 Å². The van der Waals surface area contributed by atoms with Gasteiger partial charge in [-0.1, -0.05) is 43.5 Å². The van der Waals surface area contributed by atoms with Crippen LogP contribution in [0, 0.1) is 5.82 Å². The highest BCUT2D eigenvalue weighted by molar-refractivity contribution is 7.92. The zero-order valence-electron chi connectivity index (χ0n) is 21.7. The predicted octanol–water partition coefficient (Wildman–Crippen LogP) is 3.86. The summed E-state index contributed by atoms with van der Waals surface area (Å²) in [4.78, 5) is 28.2. The van der Waals surface area contributed by atoms with Gasteiger partial charge in [-0.25, -0.2) is 12.8 Å². The second-order valence-electron chi connectivity index (χ2n) is 9.34. The summed E-state index contributed by atoms with van der Waals surface area (Å²) in [6, 6.07) is 11.4. The third-order valence-corrected chi connectivity index (χ3v) is 7.62. The Hall–Kier alpha value is -3.14. The van der Waals surface area contributed by atoms with Crippen LogP contribution >= 0.6 is 0 Å². The van der Waals surface area contributed by atoms with Crippen LogP contribution in [0.25, 0.3) is 0 Å². The predicted molar refractivity (Wildman–Crippen MR) is 141 cm³/mol. The van der Waals surface area contributed by atoms with Crippen molar-refractivity contribution in [1.82, 2.24) is 10.2 Å². The minimum absolute atomic E-state index is 0.0169. The molecule has 1 aliphatic rings. The minimum atomic E-state index is -3.88. The average Bonchev–Trinajstić information content (AvgIpc) is 2.87. The zero-order valence-corrected chi connectivity index (χ0v) is 22.5. The van der Waals surface area contributed by atoms with Gasteiger partial charge in [0.25, 0.3) is 0 Å². The van der Waals surface area contributed by atoms with E-state index in [0.717, 1.165) is 42.7 Å². The topological polar surface area (TPSA) is 96.0 Å². The smallest absolute Gasteiger partial charge is 0.244 e. The molecule has 0 spiro atoms. The number of hydrogen-bond acceptors (Lipinski definition) is 5. The molecule has 8 nitrogen and oxygen atoms in total. The third kappa shape index (κ3) is 7.92. The van der Waals surface area contributed by atoms with Crippen LogP contribution in [0.3, 0.4) is 0 Å². The van der Waals surface area contributed by atoms with Crippen LogP contribution in [-0.2, 0) is 26.2 Å². The van der Waals surface area contributed by atoms with E-state index >= 15 is 0 Å². The number of para-hydroxylation sites is 2. The molecule has 0 unspecified atom stereocenters. The fraction of sp³-hybridized carbons (Fsp3) is 0.481. The van der Waals surface area contributed by atoms with Crippen molar-refractivity contribution in [2.45, 2.75) is 64.6 Å². The molecule has 2 amide bonds. The average molecular weight is 534 g/mol. The maximum atomic E-state index is 13.7. The Labute approximate surface area is 218 Å². The van der Waals surface area contributed by atoms with Gasteiger partial charge in [0.2, 0.25) is 21.8 Å². The highest BCUT2D eigenvalue weighted by Gasteiger charge is 2.32. The van der Waals surface area contributed by atoms with Gasteiger partial charge < -0.3 is 15.0 Å². The number of hydrogen-bond donors (Lipinski definition) is 1. The maximum absolute atomic E-state index is 13.7. The summed E-state index contributed by atoms with van der Waals surface area (Å²) in [5.41, 5.74) is 0.855. The van der Waals surface area contributed by atoms with Gasteiger partial charge in [-0.15, -0.1) is 0 Å². The first-order valence-electron chi connectivity index (χ1n) is 12.6. The Bertz CT molecular complexity index is 1170. The summed E-state index contributed by atoms with van der Waals surface area (Å²) < 4.78 is 45.7. The molecule has 0 radical (unpaired) electrons. The number of sulfonamides is 1. The highest BCUT2D eigenvalue weighted by atomic mass is 32.2. The molecule has 0 heterocycles. The van der Waals surface area contributed by atoms with E-state index in [4.69, 9.17) is 4.74 Å². The molecule has 1 N–H and O–H groups in total. The Morgan fingerprint density at radius 3 is 2.35 bits per heavy atom. The minimum Gasteiger partial charge on any atom is -0.492 e. The summed E-state index contributed by atoms with van der Waals surface area (Å²) >= 11 is 0. The van der Waals surface area contributed by atoms with Gasteiger partial charge in [0.05, 0.1) is 18.6 Å². The molecule has 2 aromatic carbocycles. The molecule has 1 saturated carbocycles. The van der Waals surface area contributed by atoms with Crippen molar-refractivity contribution in [3.05, 3.63) is 59.9 Å². The Morgan fingerprint density at radius 2 is 1.73 bits per heavy atom. The van der Waals surface area contributed by atoms with E-state index in [1.54, 1.807) is 50.2 Å². The van der Waals surface area contributed by atoms with Crippen LogP contribution in [0.4, 0.5) is 10.1 Å². The van der Waals surface area contributed by atoms with E-state index in [-0.39, 0.29) is 24.2 Å². The van der Waals surface area contributed by atoms with Crippen LogP contribution in [-0.4, -0.2) is 56.6 Å². The van der Waals surface area contributed by atoms with Crippen LogP contribution < -0.4 is 14.4 Å². The number of nitrogens with zero attached hydrogens (tertiary/aromatic N) is 2. The first-order valence-corrected chi connectivity index (χ1v) is 14.5. The number of carbonyl (C=O) groups excluding carboxylic acids is 2. The normalized spacial score (nSPS) is 15.0. The van der Waals surface area contributed by atoms with Gasteiger partial charge in [0.1, 0.15) is 24.2 Å². The molecule has 0 bridgehead atoms. The second kappa shape index (κ2) is 12.9. The van der Waals surface area contributed by atoms with Crippen molar-refractivity contribution in [1.29, 1.82) is 0 Å². The molecule has 0 aliphatic heterocycles. The van der Waals surface area contributed by atoms with E-state index in [9.17, 15) is 22.4 Å². The maximum Gasteiger partial charge on any atom is 0.244 e. The largest absolute Gasteiger partial charge is 0.492 e. The first kappa shape index (κ1) is 28.4. The van der Waals surface area contributed by atoms with Crippen LogP contribution in [0.2, 0.25) is 0 Å². The van der Waals surface area contributed by atoms with E-state index in [1.165, 1.54) is 17.0 Å². The lowest BCUT2D eigenvalue weighted by Gasteiger charge is -2.33. The summed E-state index contributed by atoms with van der Waals surface area (Å²) in [6.45, 7) is 3.22. The zero-order chi connectivity index (χ0) is 27.0. The fourth-order valence-corrected chi connectivity index (χ4v) is 5.33. The summed E-state index contributed by atoms with van der Waals surface area (Å²) in [5, 5.41) is 3.05. The summed E-state index contributed by atoms with van der Waals surface area (Å²) in [6.07, 6.45) is 6.02. The molecule has 0 aromatic heterocycles. The molecule has 10 heteroatoms. The standard InChI is InChI=1S/C27H36FN3O5S/c1-4-36-25-13-9-8-12-24(25)31(37(3,34)35)19-26(32)30(18-21-14-16-22(28)17-15-21)20(2)27(33)29-23-10-6-5-7-11-23/h8-9,12-17,20,23H,4-7,10-11,18-19H2,1-3H3,(H,29,33)/t20-/m0/s1. The van der Waals surface area contributed by atoms with Crippen LogP contribution in [0.15, 0.2) is 48.5 Å². The highest BCUT2D eigenvalue weighted by Crippen LogP contribution is 2.30. The molecule has 3 rings (SSSR count). The fourth-order valence-electron chi connectivity index (χ4n) is 4.47. The van der Waals surface area contributed by atoms with Crippen molar-refractivity contribution < 1.29 is 27.1 Å². The quantitative estimate of drug-likeness (QED) is 0.473. The lowest BCUT2D eigenvalue weighted by Crippen LogP contribution is -2.53. The van der Waals surface area contributed by atoms with Gasteiger partial charge in [-0.05, 0) is 56.5 Å². The summed E-state index contributed by atoms with van der Waals surface area (Å²) in [5.74, 6) is -0.952. The molecule has 1 fully saturated rings. The van der Waals surface area contributed by atoms with Gasteiger partial charge in [-0.3, -0.25) is 13.9 Å². The molecule has 2 aromatic rings. The number of halogens is 1. The molecule has 1 atom stereocenters. The third-order valence-electron chi connectivity index (χ3n) is 6.50. The van der Waals surface area contributed by atoms with Crippen LogP contribution in [0.1, 0.15) is 51.5 Å². The molecule has 0 saturated heterocycles. The van der Waals surface area contributed by atoms with E-state index < -0.39 is 34.3 Å². The number of nitrogens with one attached hydrogen (secondary N) is 1. The van der Waals surface area contributed by atoms with E-state index in [2.05, 4.69) is 5.32 Å². The molecule has 202 valence electrons. The number of carbonyl (C=O) groups is 2. The number of benzene rings is 2. The Kier molecular flexibility index (Phi) is 9.91. The molecule has 37 heavy (non-hydrogen) atoms. The van der Waals surface area contributed by atoms with E-state index in [0.29, 0.717) is 17.9 Å². The number of rotatable bonds is 11. The van der Waals surface area contributed by atoms with Crippen molar-refractivity contribution in [2.24, 2.45) is 0 Å².